The minimum absolute atomic E-state index is 0.209. The highest BCUT2D eigenvalue weighted by Crippen LogP contribution is 2.24. The fraction of sp³-hybridized carbons (Fsp3) is 0.238. The van der Waals surface area contributed by atoms with Gasteiger partial charge in [-0.25, -0.2) is 9.48 Å². The zero-order chi connectivity index (χ0) is 19.5. The Hall–Kier alpha value is -3.48. The highest BCUT2D eigenvalue weighted by atomic mass is 16.5. The second-order valence-corrected chi connectivity index (χ2v) is 6.74. The van der Waals surface area contributed by atoms with Crippen LogP contribution in [0.5, 0.6) is 0 Å². The van der Waals surface area contributed by atoms with Crippen molar-refractivity contribution in [1.82, 2.24) is 20.1 Å². The average molecular weight is 376 g/mol. The summed E-state index contributed by atoms with van der Waals surface area (Å²) in [5.41, 5.74) is 2.24. The van der Waals surface area contributed by atoms with Crippen molar-refractivity contribution in [3.05, 3.63) is 66.6 Å². The van der Waals surface area contributed by atoms with Crippen molar-refractivity contribution in [2.45, 2.75) is 31.9 Å². The number of pyridine rings is 1. The van der Waals surface area contributed by atoms with Crippen molar-refractivity contribution in [2.75, 3.05) is 0 Å². The molecule has 4 rings (SSSR count). The molecule has 0 bridgehead atoms. The third-order valence-corrected chi connectivity index (χ3v) is 4.47. The number of ether oxygens (including phenoxy) is 1. The van der Waals surface area contributed by atoms with Gasteiger partial charge in [0.1, 0.15) is 11.3 Å². The lowest BCUT2D eigenvalue weighted by Gasteiger charge is -2.13. The van der Waals surface area contributed by atoms with Crippen LogP contribution >= 0.6 is 0 Å². The van der Waals surface area contributed by atoms with Gasteiger partial charge in [0.2, 0.25) is 0 Å². The predicted octanol–water partition coefficient (Wildman–Crippen LogP) is 2.76. The third kappa shape index (κ3) is 3.93. The highest BCUT2D eigenvalue weighted by molar-refractivity contribution is 5.97. The first-order valence-corrected chi connectivity index (χ1v) is 9.18. The second-order valence-electron chi connectivity index (χ2n) is 6.74. The summed E-state index contributed by atoms with van der Waals surface area (Å²) < 4.78 is 7.03. The Morgan fingerprint density at radius 1 is 1.18 bits per heavy atom. The van der Waals surface area contributed by atoms with Crippen LogP contribution in [0.3, 0.4) is 0 Å². The molecule has 1 aromatic carbocycles. The largest absolute Gasteiger partial charge is 0.449 e. The number of hydrogen-bond donors (Lipinski definition) is 1. The van der Waals surface area contributed by atoms with E-state index < -0.39 is 12.1 Å². The van der Waals surface area contributed by atoms with Crippen LogP contribution in [0, 0.1) is 0 Å². The minimum Gasteiger partial charge on any atom is -0.449 e. The van der Waals surface area contributed by atoms with Gasteiger partial charge in [-0.3, -0.25) is 9.78 Å². The van der Waals surface area contributed by atoms with Gasteiger partial charge in [0.05, 0.1) is 5.69 Å². The van der Waals surface area contributed by atoms with Gasteiger partial charge < -0.3 is 10.1 Å². The zero-order valence-electron chi connectivity index (χ0n) is 15.4. The van der Waals surface area contributed by atoms with Gasteiger partial charge in [0.15, 0.2) is 6.10 Å². The Morgan fingerprint density at radius 3 is 2.64 bits per heavy atom. The number of nitrogens with one attached hydrogen (secondary N) is 1. The van der Waals surface area contributed by atoms with Crippen molar-refractivity contribution in [1.29, 1.82) is 0 Å². The Morgan fingerprint density at radius 2 is 1.96 bits per heavy atom. The number of rotatable bonds is 6. The van der Waals surface area contributed by atoms with Gasteiger partial charge >= 0.3 is 5.97 Å². The summed E-state index contributed by atoms with van der Waals surface area (Å²) in [5, 5.41) is 7.40. The van der Waals surface area contributed by atoms with Gasteiger partial charge in [0, 0.05) is 30.2 Å². The number of para-hydroxylation sites is 1. The first-order chi connectivity index (χ1) is 13.6. The lowest BCUT2D eigenvalue weighted by atomic mass is 10.1. The van der Waals surface area contributed by atoms with Crippen LogP contribution in [0.25, 0.3) is 16.9 Å². The maximum absolute atomic E-state index is 12.8. The number of carbonyl (C=O) groups is 2. The molecule has 0 spiro atoms. The summed E-state index contributed by atoms with van der Waals surface area (Å²) in [6, 6.07) is 13.3. The molecule has 3 aromatic rings. The fourth-order valence-corrected chi connectivity index (χ4v) is 2.78. The van der Waals surface area contributed by atoms with Gasteiger partial charge in [-0.2, -0.15) is 5.10 Å². The van der Waals surface area contributed by atoms with Gasteiger partial charge in [-0.1, -0.05) is 18.2 Å². The molecule has 1 saturated carbocycles. The van der Waals surface area contributed by atoms with Gasteiger partial charge in [-0.05, 0) is 44.0 Å². The summed E-state index contributed by atoms with van der Waals surface area (Å²) >= 11 is 0. The molecular weight excluding hydrogens is 356 g/mol. The average Bonchev–Trinajstić information content (AvgIpc) is 3.42. The Bertz CT molecular complexity index is 981. The van der Waals surface area contributed by atoms with Crippen LogP contribution in [-0.2, 0) is 9.53 Å². The van der Waals surface area contributed by atoms with E-state index in [9.17, 15) is 9.59 Å². The van der Waals surface area contributed by atoms with E-state index in [1.54, 1.807) is 36.3 Å². The first-order valence-electron chi connectivity index (χ1n) is 9.18. The SMILES string of the molecule is C[C@@H](OC(=O)c1cn(-c2ccccc2)nc1-c1cccnc1)C(=O)NC1CC1. The smallest absolute Gasteiger partial charge is 0.342 e. The molecule has 1 aliphatic carbocycles. The lowest BCUT2D eigenvalue weighted by molar-refractivity contribution is -0.129. The number of nitrogens with zero attached hydrogens (tertiary/aromatic N) is 3. The number of aromatic nitrogens is 3. The van der Waals surface area contributed by atoms with E-state index in [0.29, 0.717) is 11.3 Å². The summed E-state index contributed by atoms with van der Waals surface area (Å²) in [6.07, 6.45) is 5.97. The Kier molecular flexibility index (Phi) is 4.89. The molecule has 0 saturated heterocycles. The molecular formula is C21H20N4O3. The Labute approximate surface area is 162 Å². The fourth-order valence-electron chi connectivity index (χ4n) is 2.78. The molecule has 2 heterocycles. The monoisotopic (exact) mass is 376 g/mol. The van der Waals surface area contributed by atoms with E-state index in [1.165, 1.54) is 0 Å². The minimum atomic E-state index is -0.880. The zero-order valence-corrected chi connectivity index (χ0v) is 15.4. The van der Waals surface area contributed by atoms with E-state index in [1.807, 2.05) is 36.4 Å². The topological polar surface area (TPSA) is 86.1 Å². The van der Waals surface area contributed by atoms with Crippen molar-refractivity contribution < 1.29 is 14.3 Å². The van der Waals surface area contributed by atoms with E-state index >= 15 is 0 Å². The van der Waals surface area contributed by atoms with E-state index in [4.69, 9.17) is 4.74 Å². The molecule has 1 N–H and O–H groups in total. The molecule has 28 heavy (non-hydrogen) atoms. The van der Waals surface area contributed by atoms with Crippen LogP contribution in [0.4, 0.5) is 0 Å². The molecule has 0 aliphatic heterocycles. The molecule has 1 atom stereocenters. The predicted molar refractivity (Wildman–Crippen MR) is 103 cm³/mol. The van der Waals surface area contributed by atoms with Gasteiger partial charge in [-0.15, -0.1) is 0 Å². The first kappa shape index (κ1) is 17.9. The molecule has 0 radical (unpaired) electrons. The van der Waals surface area contributed by atoms with Crippen LogP contribution in [0.15, 0.2) is 61.1 Å². The number of carbonyl (C=O) groups excluding carboxylic acids is 2. The third-order valence-electron chi connectivity index (χ3n) is 4.47. The van der Waals surface area contributed by atoms with Crippen molar-refractivity contribution in [2.24, 2.45) is 0 Å². The normalized spacial score (nSPS) is 14.3. The molecule has 1 amide bonds. The van der Waals surface area contributed by atoms with Crippen molar-refractivity contribution in [3.8, 4) is 16.9 Å². The van der Waals surface area contributed by atoms with Crippen LogP contribution in [-0.4, -0.2) is 38.8 Å². The lowest BCUT2D eigenvalue weighted by Crippen LogP contribution is -2.37. The van der Waals surface area contributed by atoms with Crippen molar-refractivity contribution in [3.63, 3.8) is 0 Å². The standard InChI is InChI=1S/C21H20N4O3/c1-14(20(26)23-16-9-10-16)28-21(27)18-13-25(17-7-3-2-4-8-17)24-19(18)15-6-5-11-22-12-15/h2-8,11-14,16H,9-10H2,1H3,(H,23,26)/t14-/m1/s1. The van der Waals surface area contributed by atoms with Crippen molar-refractivity contribution >= 4 is 11.9 Å². The molecule has 7 nitrogen and oxygen atoms in total. The van der Waals surface area contributed by atoms with Crippen LogP contribution in [0.1, 0.15) is 30.1 Å². The van der Waals surface area contributed by atoms with E-state index in [-0.39, 0.29) is 17.5 Å². The summed E-state index contributed by atoms with van der Waals surface area (Å²) in [7, 11) is 0. The Balaban J connectivity index is 1.63. The molecule has 1 aliphatic rings. The van der Waals surface area contributed by atoms with Crippen LogP contribution in [0.2, 0.25) is 0 Å². The van der Waals surface area contributed by atoms with E-state index in [0.717, 1.165) is 18.5 Å². The quantitative estimate of drug-likeness (QED) is 0.669. The number of esters is 1. The summed E-state index contributed by atoms with van der Waals surface area (Å²) in [4.78, 5) is 29.1. The second kappa shape index (κ2) is 7.64. The number of amides is 1. The maximum atomic E-state index is 12.8. The molecule has 142 valence electrons. The summed E-state index contributed by atoms with van der Waals surface area (Å²) in [6.45, 7) is 1.57. The number of hydrogen-bond acceptors (Lipinski definition) is 5. The van der Waals surface area contributed by atoms with Gasteiger partial charge in [0.25, 0.3) is 5.91 Å². The highest BCUT2D eigenvalue weighted by Gasteiger charge is 2.28. The molecule has 7 heteroatoms. The van der Waals surface area contributed by atoms with Crippen LogP contribution < -0.4 is 5.32 Å². The summed E-state index contributed by atoms with van der Waals surface area (Å²) in [5.74, 6) is -0.881. The number of benzene rings is 1. The maximum Gasteiger partial charge on any atom is 0.342 e. The molecule has 0 unspecified atom stereocenters. The molecule has 1 fully saturated rings. The van der Waals surface area contributed by atoms with E-state index in [2.05, 4.69) is 15.4 Å². The molecule has 2 aromatic heterocycles.